The molecule has 2 heteroatoms. The van der Waals surface area contributed by atoms with Gasteiger partial charge in [-0.2, -0.15) is 0 Å². The van der Waals surface area contributed by atoms with Gasteiger partial charge in [-0.25, -0.2) is 0 Å². The van der Waals surface area contributed by atoms with E-state index in [4.69, 9.17) is 4.74 Å². The predicted octanol–water partition coefficient (Wildman–Crippen LogP) is 7.37. The largest absolute Gasteiger partial charge is 0.466 e. The maximum absolute atomic E-state index is 11.2. The van der Waals surface area contributed by atoms with Crippen molar-refractivity contribution in [2.45, 2.75) is 117 Å². The van der Waals surface area contributed by atoms with Crippen LogP contribution in [0.25, 0.3) is 0 Å². The van der Waals surface area contributed by atoms with Gasteiger partial charge in [-0.1, -0.05) is 83.8 Å². The first-order valence-corrected chi connectivity index (χ1v) is 10.6. The highest BCUT2D eigenvalue weighted by molar-refractivity contribution is 5.69. The zero-order valence-electron chi connectivity index (χ0n) is 16.5. The summed E-state index contributed by atoms with van der Waals surface area (Å²) in [5, 5.41) is 0. The molecule has 142 valence electrons. The van der Waals surface area contributed by atoms with Crippen LogP contribution in [0.1, 0.15) is 117 Å². The summed E-state index contributed by atoms with van der Waals surface area (Å²) in [7, 11) is 0. The molecule has 0 N–H and O–H groups in total. The van der Waals surface area contributed by atoms with Crippen LogP contribution in [0.3, 0.4) is 0 Å². The number of carbonyl (C=O) groups is 1. The number of allylic oxidation sites excluding steroid dienone is 2. The number of hydrogen-bond acceptors (Lipinski definition) is 2. The standard InChI is InChI=1S/C22H42O2/c1-3-5-6-7-8-9-10-11-12-13-14-15-16-17-18-19-21-24-22(23)20-4-2/h11-12H,3-10,13-21H2,1-2H3. The van der Waals surface area contributed by atoms with E-state index in [1.54, 1.807) is 0 Å². The Balaban J connectivity index is 3.11. The van der Waals surface area contributed by atoms with Crippen molar-refractivity contribution >= 4 is 5.97 Å². The summed E-state index contributed by atoms with van der Waals surface area (Å²) >= 11 is 0. The summed E-state index contributed by atoms with van der Waals surface area (Å²) in [6, 6.07) is 0. The molecular weight excluding hydrogens is 296 g/mol. The molecule has 0 saturated heterocycles. The molecule has 0 bridgehead atoms. The van der Waals surface area contributed by atoms with Crippen molar-refractivity contribution in [2.75, 3.05) is 6.61 Å². The van der Waals surface area contributed by atoms with E-state index in [0.29, 0.717) is 13.0 Å². The van der Waals surface area contributed by atoms with Gasteiger partial charge in [0.1, 0.15) is 0 Å². The molecule has 0 atom stereocenters. The van der Waals surface area contributed by atoms with Gasteiger partial charge in [-0.15, -0.1) is 0 Å². The number of carbonyl (C=O) groups excluding carboxylic acids is 1. The van der Waals surface area contributed by atoms with Crippen molar-refractivity contribution in [1.82, 2.24) is 0 Å². The smallest absolute Gasteiger partial charge is 0.305 e. The van der Waals surface area contributed by atoms with Crippen LogP contribution >= 0.6 is 0 Å². The summed E-state index contributed by atoms with van der Waals surface area (Å²) in [5.41, 5.74) is 0. The van der Waals surface area contributed by atoms with Crippen molar-refractivity contribution in [3.63, 3.8) is 0 Å². The molecular formula is C22H42O2. The minimum atomic E-state index is -0.0368. The predicted molar refractivity (Wildman–Crippen MR) is 105 cm³/mol. The van der Waals surface area contributed by atoms with Gasteiger partial charge >= 0.3 is 5.97 Å². The molecule has 0 aromatic carbocycles. The highest BCUT2D eigenvalue weighted by Crippen LogP contribution is 2.10. The van der Waals surface area contributed by atoms with Gasteiger partial charge in [0, 0.05) is 6.42 Å². The molecule has 0 unspecified atom stereocenters. The summed E-state index contributed by atoms with van der Waals surface area (Å²) in [4.78, 5) is 11.2. The molecule has 0 fully saturated rings. The van der Waals surface area contributed by atoms with Crippen molar-refractivity contribution < 1.29 is 9.53 Å². The molecule has 0 radical (unpaired) electrons. The molecule has 0 aliphatic heterocycles. The van der Waals surface area contributed by atoms with Crippen LogP contribution in [0.4, 0.5) is 0 Å². The van der Waals surface area contributed by atoms with Gasteiger partial charge in [0.15, 0.2) is 0 Å². The van der Waals surface area contributed by atoms with Crippen molar-refractivity contribution in [3.8, 4) is 0 Å². The fourth-order valence-electron chi connectivity index (χ4n) is 2.81. The molecule has 0 spiro atoms. The molecule has 2 nitrogen and oxygen atoms in total. The molecule has 0 heterocycles. The minimum Gasteiger partial charge on any atom is -0.466 e. The maximum Gasteiger partial charge on any atom is 0.305 e. The van der Waals surface area contributed by atoms with Crippen LogP contribution in [0.5, 0.6) is 0 Å². The Morgan fingerprint density at radius 2 is 1.17 bits per heavy atom. The number of unbranched alkanes of at least 4 members (excludes halogenated alkanes) is 12. The second-order valence-corrected chi connectivity index (χ2v) is 6.91. The molecule has 0 rings (SSSR count). The first-order chi connectivity index (χ1) is 11.8. The lowest BCUT2D eigenvalue weighted by atomic mass is 10.1. The molecule has 0 aromatic rings. The van der Waals surface area contributed by atoms with Crippen molar-refractivity contribution in [3.05, 3.63) is 12.2 Å². The summed E-state index contributed by atoms with van der Waals surface area (Å²) in [5.74, 6) is -0.0368. The lowest BCUT2D eigenvalue weighted by molar-refractivity contribution is -0.143. The van der Waals surface area contributed by atoms with Gasteiger partial charge in [-0.3, -0.25) is 4.79 Å². The highest BCUT2D eigenvalue weighted by Gasteiger charge is 1.99. The number of esters is 1. The number of rotatable bonds is 18. The van der Waals surface area contributed by atoms with Crippen LogP contribution in [0, 0.1) is 0 Å². The van der Waals surface area contributed by atoms with Crippen LogP contribution in [-0.4, -0.2) is 12.6 Å². The van der Waals surface area contributed by atoms with Crippen LogP contribution in [0.2, 0.25) is 0 Å². The van der Waals surface area contributed by atoms with Crippen LogP contribution in [-0.2, 0) is 9.53 Å². The Hall–Kier alpha value is -0.790. The minimum absolute atomic E-state index is 0.0368. The topological polar surface area (TPSA) is 26.3 Å². The van der Waals surface area contributed by atoms with E-state index in [0.717, 1.165) is 12.8 Å². The monoisotopic (exact) mass is 338 g/mol. The van der Waals surface area contributed by atoms with Gasteiger partial charge < -0.3 is 4.74 Å². The normalized spacial score (nSPS) is 11.2. The summed E-state index contributed by atoms with van der Waals surface area (Å²) in [6.45, 7) is 4.89. The average Bonchev–Trinajstić information content (AvgIpc) is 2.58. The van der Waals surface area contributed by atoms with E-state index in [-0.39, 0.29) is 5.97 Å². The summed E-state index contributed by atoms with van der Waals surface area (Å²) in [6.07, 6.45) is 24.5. The number of ether oxygens (including phenoxy) is 1. The van der Waals surface area contributed by atoms with Gasteiger partial charge in [0.05, 0.1) is 6.61 Å². The second-order valence-electron chi connectivity index (χ2n) is 6.91. The van der Waals surface area contributed by atoms with E-state index >= 15 is 0 Å². The lowest BCUT2D eigenvalue weighted by Crippen LogP contribution is -2.04. The lowest BCUT2D eigenvalue weighted by Gasteiger charge is -2.03. The van der Waals surface area contributed by atoms with E-state index in [1.807, 2.05) is 6.92 Å². The Labute approximate surface area is 151 Å². The molecule has 0 aliphatic rings. The second kappa shape index (κ2) is 20.3. The Morgan fingerprint density at radius 1 is 0.667 bits per heavy atom. The van der Waals surface area contributed by atoms with E-state index in [1.165, 1.54) is 83.5 Å². The molecule has 0 amide bonds. The molecule has 24 heavy (non-hydrogen) atoms. The van der Waals surface area contributed by atoms with Crippen molar-refractivity contribution in [1.29, 1.82) is 0 Å². The Morgan fingerprint density at radius 3 is 1.71 bits per heavy atom. The third-order valence-corrected chi connectivity index (χ3v) is 4.37. The van der Waals surface area contributed by atoms with E-state index in [9.17, 15) is 4.79 Å². The molecule has 0 aliphatic carbocycles. The zero-order valence-corrected chi connectivity index (χ0v) is 16.5. The number of hydrogen-bond donors (Lipinski definition) is 0. The zero-order chi connectivity index (χ0) is 17.7. The SMILES string of the molecule is CCCCCCCCC=CCCCCCCCCOC(=O)CCC. The Bertz CT molecular complexity index is 284. The van der Waals surface area contributed by atoms with E-state index < -0.39 is 0 Å². The van der Waals surface area contributed by atoms with Crippen LogP contribution in [0.15, 0.2) is 12.2 Å². The van der Waals surface area contributed by atoms with Crippen LogP contribution < -0.4 is 0 Å². The van der Waals surface area contributed by atoms with E-state index in [2.05, 4.69) is 19.1 Å². The third-order valence-electron chi connectivity index (χ3n) is 4.37. The van der Waals surface area contributed by atoms with Gasteiger partial charge in [-0.05, 0) is 38.5 Å². The third kappa shape index (κ3) is 19.3. The molecule has 0 aromatic heterocycles. The van der Waals surface area contributed by atoms with Crippen molar-refractivity contribution in [2.24, 2.45) is 0 Å². The average molecular weight is 339 g/mol. The first-order valence-electron chi connectivity index (χ1n) is 10.6. The van der Waals surface area contributed by atoms with Gasteiger partial charge in [0.25, 0.3) is 0 Å². The first kappa shape index (κ1) is 23.2. The summed E-state index contributed by atoms with van der Waals surface area (Å²) < 4.78 is 5.15. The fourth-order valence-corrected chi connectivity index (χ4v) is 2.81. The molecule has 0 saturated carbocycles. The fraction of sp³-hybridized carbons (Fsp3) is 0.864. The Kier molecular flexibility index (Phi) is 19.6. The maximum atomic E-state index is 11.2. The quantitative estimate of drug-likeness (QED) is 0.148. The highest BCUT2D eigenvalue weighted by atomic mass is 16.5. The van der Waals surface area contributed by atoms with Gasteiger partial charge in [0.2, 0.25) is 0 Å².